The Balaban J connectivity index is 2.68. The van der Waals surface area contributed by atoms with Crippen molar-refractivity contribution in [2.24, 2.45) is 0 Å². The summed E-state index contributed by atoms with van der Waals surface area (Å²) in [7, 11) is 0. The van der Waals surface area contributed by atoms with E-state index in [1.807, 2.05) is 26.0 Å². The van der Waals surface area contributed by atoms with E-state index in [0.717, 1.165) is 11.1 Å². The van der Waals surface area contributed by atoms with Crippen molar-refractivity contribution < 1.29 is 9.53 Å². The van der Waals surface area contributed by atoms with Crippen LogP contribution in [0.4, 0.5) is 0 Å². The highest BCUT2D eigenvalue weighted by Gasteiger charge is 2.26. The summed E-state index contributed by atoms with van der Waals surface area (Å²) >= 11 is 0. The Morgan fingerprint density at radius 3 is 2.47 bits per heavy atom. The summed E-state index contributed by atoms with van der Waals surface area (Å²) in [5.74, 6) is -0.0322. The van der Waals surface area contributed by atoms with Gasteiger partial charge in [-0.15, -0.1) is 0 Å². The molecule has 0 aliphatic carbocycles. The van der Waals surface area contributed by atoms with Crippen LogP contribution < -0.4 is 0 Å². The van der Waals surface area contributed by atoms with Gasteiger partial charge in [-0.25, -0.2) is 4.79 Å². The van der Waals surface area contributed by atoms with Crippen molar-refractivity contribution in [2.75, 3.05) is 0 Å². The predicted octanol–water partition coefficient (Wildman–Crippen LogP) is 2.34. The number of hydrogen-bond donors (Lipinski definition) is 0. The number of fused-ring (bicyclic) bond motifs is 1. The minimum Gasteiger partial charge on any atom is -0.421 e. The third-order valence-electron chi connectivity index (χ3n) is 2.52. The molecule has 1 aliphatic heterocycles. The molecule has 1 heterocycles. The standard InChI is InChI=1S/C12H9NO2/c1-7-5-9-10(6-8(7)2)12(14)15-11(9)3-4-13/h3,5-6H,1-2H3. The quantitative estimate of drug-likeness (QED) is 0.476. The van der Waals surface area contributed by atoms with Gasteiger partial charge in [0.2, 0.25) is 0 Å². The van der Waals surface area contributed by atoms with Gasteiger partial charge in [0, 0.05) is 5.56 Å². The van der Waals surface area contributed by atoms with Crippen LogP contribution in [0.1, 0.15) is 27.0 Å². The summed E-state index contributed by atoms with van der Waals surface area (Å²) in [6.07, 6.45) is 1.25. The van der Waals surface area contributed by atoms with Gasteiger partial charge >= 0.3 is 5.97 Å². The van der Waals surface area contributed by atoms with Crippen molar-refractivity contribution in [3.05, 3.63) is 40.5 Å². The number of nitriles is 1. The Morgan fingerprint density at radius 1 is 1.27 bits per heavy atom. The van der Waals surface area contributed by atoms with E-state index >= 15 is 0 Å². The summed E-state index contributed by atoms with van der Waals surface area (Å²) in [5, 5.41) is 8.54. The smallest absolute Gasteiger partial charge is 0.344 e. The van der Waals surface area contributed by atoms with Gasteiger partial charge in [-0.05, 0) is 37.1 Å². The number of nitrogens with zero attached hydrogens (tertiary/aromatic N) is 1. The second kappa shape index (κ2) is 3.25. The first-order valence-corrected chi connectivity index (χ1v) is 4.57. The molecule has 0 aromatic heterocycles. The maximum atomic E-state index is 11.4. The molecular weight excluding hydrogens is 190 g/mol. The zero-order valence-corrected chi connectivity index (χ0v) is 8.50. The third-order valence-corrected chi connectivity index (χ3v) is 2.52. The molecule has 74 valence electrons. The average molecular weight is 199 g/mol. The molecule has 0 spiro atoms. The van der Waals surface area contributed by atoms with Crippen molar-refractivity contribution in [2.45, 2.75) is 13.8 Å². The van der Waals surface area contributed by atoms with Crippen molar-refractivity contribution >= 4 is 11.7 Å². The lowest BCUT2D eigenvalue weighted by molar-refractivity contribution is 0.0716. The number of benzene rings is 1. The van der Waals surface area contributed by atoms with E-state index < -0.39 is 0 Å². The van der Waals surface area contributed by atoms with Gasteiger partial charge in [0.15, 0.2) is 0 Å². The molecule has 15 heavy (non-hydrogen) atoms. The summed E-state index contributed by atoms with van der Waals surface area (Å²) < 4.78 is 4.98. The monoisotopic (exact) mass is 199 g/mol. The molecule has 1 aromatic carbocycles. The number of ether oxygens (including phenoxy) is 1. The Bertz CT molecular complexity index is 521. The summed E-state index contributed by atoms with van der Waals surface area (Å²) in [4.78, 5) is 11.4. The molecular formula is C12H9NO2. The topological polar surface area (TPSA) is 50.1 Å². The summed E-state index contributed by atoms with van der Waals surface area (Å²) in [5.41, 5.74) is 3.38. The van der Waals surface area contributed by atoms with Gasteiger partial charge in [0.05, 0.1) is 17.7 Å². The third kappa shape index (κ3) is 1.40. The molecule has 0 N–H and O–H groups in total. The van der Waals surface area contributed by atoms with Crippen LogP contribution in [0.15, 0.2) is 18.2 Å². The van der Waals surface area contributed by atoms with Crippen LogP contribution in [0, 0.1) is 25.2 Å². The van der Waals surface area contributed by atoms with E-state index in [1.165, 1.54) is 6.08 Å². The lowest BCUT2D eigenvalue weighted by Gasteiger charge is -2.01. The molecule has 0 radical (unpaired) electrons. The van der Waals surface area contributed by atoms with Gasteiger partial charge in [0.25, 0.3) is 0 Å². The van der Waals surface area contributed by atoms with Crippen LogP contribution in [0.25, 0.3) is 5.76 Å². The first-order chi connectivity index (χ1) is 7.13. The van der Waals surface area contributed by atoms with Crippen molar-refractivity contribution in [3.63, 3.8) is 0 Å². The Morgan fingerprint density at radius 2 is 1.87 bits per heavy atom. The second-order valence-electron chi connectivity index (χ2n) is 3.51. The van der Waals surface area contributed by atoms with E-state index in [2.05, 4.69) is 0 Å². The Labute approximate surface area is 87.6 Å². The lowest BCUT2D eigenvalue weighted by Crippen LogP contribution is -1.94. The van der Waals surface area contributed by atoms with Gasteiger partial charge in [-0.3, -0.25) is 0 Å². The number of aryl methyl sites for hydroxylation is 2. The molecule has 0 unspecified atom stereocenters. The highest BCUT2D eigenvalue weighted by Crippen LogP contribution is 2.31. The van der Waals surface area contributed by atoms with Crippen LogP contribution >= 0.6 is 0 Å². The molecule has 1 aromatic rings. The molecule has 0 fully saturated rings. The molecule has 0 amide bonds. The zero-order chi connectivity index (χ0) is 11.0. The molecule has 3 heteroatoms. The second-order valence-corrected chi connectivity index (χ2v) is 3.51. The normalized spacial score (nSPS) is 16.1. The number of cyclic esters (lactones) is 1. The minimum atomic E-state index is -0.380. The highest BCUT2D eigenvalue weighted by atomic mass is 16.5. The van der Waals surface area contributed by atoms with Crippen LogP contribution in [0.2, 0.25) is 0 Å². The Hall–Kier alpha value is -2.08. The fourth-order valence-corrected chi connectivity index (χ4v) is 1.56. The summed E-state index contributed by atoms with van der Waals surface area (Å²) in [6.45, 7) is 3.90. The SMILES string of the molecule is Cc1cc2c(cc1C)C(=CC#N)OC2=O. The number of hydrogen-bond acceptors (Lipinski definition) is 3. The van der Waals surface area contributed by atoms with Crippen molar-refractivity contribution in [3.8, 4) is 6.07 Å². The van der Waals surface area contributed by atoms with Gasteiger partial charge in [0.1, 0.15) is 5.76 Å². The Kier molecular flexibility index (Phi) is 2.05. The van der Waals surface area contributed by atoms with Crippen molar-refractivity contribution in [1.29, 1.82) is 5.26 Å². The molecule has 3 nitrogen and oxygen atoms in total. The number of rotatable bonds is 0. The van der Waals surface area contributed by atoms with E-state index in [9.17, 15) is 4.79 Å². The molecule has 0 bridgehead atoms. The predicted molar refractivity (Wildman–Crippen MR) is 54.9 cm³/mol. The van der Waals surface area contributed by atoms with E-state index in [-0.39, 0.29) is 5.97 Å². The van der Waals surface area contributed by atoms with Crippen LogP contribution in [0.5, 0.6) is 0 Å². The number of allylic oxidation sites excluding steroid dienone is 1. The first-order valence-electron chi connectivity index (χ1n) is 4.57. The first kappa shape index (κ1) is 9.47. The van der Waals surface area contributed by atoms with Crippen LogP contribution in [0.3, 0.4) is 0 Å². The van der Waals surface area contributed by atoms with Gasteiger partial charge in [-0.1, -0.05) is 0 Å². The number of carbonyl (C=O) groups excluding carboxylic acids is 1. The zero-order valence-electron chi connectivity index (χ0n) is 8.50. The van der Waals surface area contributed by atoms with E-state index in [4.69, 9.17) is 10.00 Å². The van der Waals surface area contributed by atoms with E-state index in [0.29, 0.717) is 16.9 Å². The number of esters is 1. The van der Waals surface area contributed by atoms with Crippen LogP contribution in [-0.2, 0) is 4.74 Å². The van der Waals surface area contributed by atoms with Crippen LogP contribution in [-0.4, -0.2) is 5.97 Å². The fourth-order valence-electron chi connectivity index (χ4n) is 1.56. The van der Waals surface area contributed by atoms with Gasteiger partial charge < -0.3 is 4.74 Å². The molecule has 0 saturated heterocycles. The maximum Gasteiger partial charge on any atom is 0.344 e. The lowest BCUT2D eigenvalue weighted by atomic mass is 10.0. The molecule has 0 saturated carbocycles. The maximum absolute atomic E-state index is 11.4. The minimum absolute atomic E-state index is 0.348. The largest absolute Gasteiger partial charge is 0.421 e. The van der Waals surface area contributed by atoms with Gasteiger partial charge in [-0.2, -0.15) is 5.26 Å². The molecule has 0 atom stereocenters. The molecule has 2 rings (SSSR count). The molecule has 1 aliphatic rings. The average Bonchev–Trinajstić information content (AvgIpc) is 2.46. The number of carbonyl (C=O) groups is 1. The highest BCUT2D eigenvalue weighted by molar-refractivity contribution is 6.03. The van der Waals surface area contributed by atoms with Crippen molar-refractivity contribution in [1.82, 2.24) is 0 Å². The fraction of sp³-hybridized carbons (Fsp3) is 0.167. The van der Waals surface area contributed by atoms with E-state index in [1.54, 1.807) is 6.07 Å². The summed E-state index contributed by atoms with van der Waals surface area (Å²) in [6, 6.07) is 5.54.